The molecule has 2 fully saturated rings. The van der Waals surface area contributed by atoms with Gasteiger partial charge in [0.25, 0.3) is 11.5 Å². The molecule has 4 rings (SSSR count). The molecule has 9 heteroatoms. The maximum Gasteiger partial charge on any atom is 0.270 e. The van der Waals surface area contributed by atoms with Gasteiger partial charge < -0.3 is 9.80 Å². The van der Waals surface area contributed by atoms with Crippen molar-refractivity contribution in [1.29, 1.82) is 5.26 Å². The molecule has 0 spiro atoms. The number of thiocarbonyl (C=S) groups is 1. The number of carbonyl (C=O) groups excluding carboxylic acids is 1. The largest absolute Gasteiger partial charge is 0.368 e. The number of piperazine rings is 1. The first-order valence-corrected chi connectivity index (χ1v) is 16.1. The van der Waals surface area contributed by atoms with Crippen LogP contribution in [0.3, 0.4) is 0 Å². The van der Waals surface area contributed by atoms with Gasteiger partial charge in [0.05, 0.1) is 4.91 Å². The SMILES string of the molecule is CCCCCCCCN1C(=O)C(=Cc2c(C)c(C#N)c(=O)n(CCC)c2N2CCN(c3ccccc3)CC2)SC1=S. The Kier molecular flexibility index (Phi) is 11.1. The molecule has 0 unspecified atom stereocenters. The Morgan fingerprint density at radius 2 is 1.59 bits per heavy atom. The van der Waals surface area contributed by atoms with Crippen LogP contribution in [-0.4, -0.2) is 52.4 Å². The molecule has 0 atom stereocenters. The highest BCUT2D eigenvalue weighted by Crippen LogP contribution is 2.36. The van der Waals surface area contributed by atoms with Crippen molar-refractivity contribution in [3.63, 3.8) is 0 Å². The van der Waals surface area contributed by atoms with Crippen molar-refractivity contribution in [3.8, 4) is 6.07 Å². The fraction of sp³-hybridized carbons (Fsp3) is 0.500. The number of benzene rings is 1. The number of para-hydroxylation sites is 1. The quantitative estimate of drug-likeness (QED) is 0.162. The van der Waals surface area contributed by atoms with E-state index in [0.29, 0.717) is 27.9 Å². The molecule has 218 valence electrons. The predicted octanol–water partition coefficient (Wildman–Crippen LogP) is 6.33. The van der Waals surface area contributed by atoms with Gasteiger partial charge in [0.2, 0.25) is 0 Å². The number of rotatable bonds is 12. The number of pyridine rings is 1. The predicted molar refractivity (Wildman–Crippen MR) is 175 cm³/mol. The van der Waals surface area contributed by atoms with Crippen LogP contribution in [0.5, 0.6) is 0 Å². The van der Waals surface area contributed by atoms with Gasteiger partial charge in [-0.25, -0.2) is 0 Å². The highest BCUT2D eigenvalue weighted by molar-refractivity contribution is 8.26. The number of hydrogen-bond acceptors (Lipinski definition) is 7. The lowest BCUT2D eigenvalue weighted by Gasteiger charge is -2.39. The van der Waals surface area contributed by atoms with Crippen molar-refractivity contribution < 1.29 is 4.79 Å². The second-order valence-electron chi connectivity index (χ2n) is 10.7. The number of hydrogen-bond donors (Lipinski definition) is 0. The maximum atomic E-state index is 13.5. The molecule has 0 N–H and O–H groups in total. The number of aromatic nitrogens is 1. The van der Waals surface area contributed by atoms with Crippen LogP contribution in [0.15, 0.2) is 40.0 Å². The summed E-state index contributed by atoms with van der Waals surface area (Å²) in [5, 5.41) is 9.94. The Morgan fingerprint density at radius 3 is 2.24 bits per heavy atom. The number of amides is 1. The molecular formula is C32H41N5O2S2. The molecule has 1 aromatic heterocycles. The lowest BCUT2D eigenvalue weighted by Crippen LogP contribution is -2.48. The third-order valence-electron chi connectivity index (χ3n) is 7.88. The molecule has 1 amide bonds. The summed E-state index contributed by atoms with van der Waals surface area (Å²) in [6, 6.07) is 12.5. The lowest BCUT2D eigenvalue weighted by atomic mass is 10.0. The number of thioether (sulfide) groups is 1. The zero-order valence-electron chi connectivity index (χ0n) is 24.5. The molecule has 3 heterocycles. The van der Waals surface area contributed by atoms with E-state index in [1.165, 1.54) is 43.1 Å². The summed E-state index contributed by atoms with van der Waals surface area (Å²) in [6.07, 6.45) is 9.51. The van der Waals surface area contributed by atoms with Gasteiger partial charge in [-0.3, -0.25) is 19.1 Å². The molecule has 2 saturated heterocycles. The highest BCUT2D eigenvalue weighted by atomic mass is 32.2. The van der Waals surface area contributed by atoms with Gasteiger partial charge in [-0.15, -0.1) is 0 Å². The van der Waals surface area contributed by atoms with Gasteiger partial charge in [0.1, 0.15) is 21.8 Å². The normalized spacial score (nSPS) is 16.6. The van der Waals surface area contributed by atoms with Gasteiger partial charge in [-0.1, -0.05) is 88.1 Å². The molecule has 7 nitrogen and oxygen atoms in total. The van der Waals surface area contributed by atoms with E-state index >= 15 is 0 Å². The van der Waals surface area contributed by atoms with Crippen molar-refractivity contribution in [2.75, 3.05) is 42.5 Å². The van der Waals surface area contributed by atoms with Crippen molar-refractivity contribution >= 4 is 51.8 Å². The number of carbonyl (C=O) groups is 1. The zero-order chi connectivity index (χ0) is 29.4. The van der Waals surface area contributed by atoms with E-state index in [-0.39, 0.29) is 17.0 Å². The van der Waals surface area contributed by atoms with Crippen LogP contribution in [0.2, 0.25) is 0 Å². The Hall–Kier alpha value is -3.09. The topological polar surface area (TPSA) is 72.6 Å². The monoisotopic (exact) mass is 591 g/mol. The van der Waals surface area contributed by atoms with Crippen LogP contribution >= 0.6 is 24.0 Å². The van der Waals surface area contributed by atoms with Crippen LogP contribution in [0.4, 0.5) is 11.5 Å². The molecule has 41 heavy (non-hydrogen) atoms. The van der Waals surface area contributed by atoms with E-state index in [0.717, 1.165) is 56.8 Å². The van der Waals surface area contributed by atoms with E-state index < -0.39 is 0 Å². The average molecular weight is 592 g/mol. The summed E-state index contributed by atoms with van der Waals surface area (Å²) in [5.41, 5.74) is 2.44. The fourth-order valence-electron chi connectivity index (χ4n) is 5.61. The third-order valence-corrected chi connectivity index (χ3v) is 9.26. The minimum absolute atomic E-state index is 0.0837. The van der Waals surface area contributed by atoms with Crippen LogP contribution in [0.25, 0.3) is 6.08 Å². The summed E-state index contributed by atoms with van der Waals surface area (Å²) in [5.74, 6) is 0.710. The maximum absolute atomic E-state index is 13.5. The Labute approximate surface area is 253 Å². The molecule has 0 aliphatic carbocycles. The van der Waals surface area contributed by atoms with Crippen LogP contribution in [0, 0.1) is 18.3 Å². The Morgan fingerprint density at radius 1 is 0.927 bits per heavy atom. The number of nitrogens with zero attached hydrogens (tertiary/aromatic N) is 5. The molecule has 2 aromatic rings. The van der Waals surface area contributed by atoms with Gasteiger partial charge in [0.15, 0.2) is 0 Å². The highest BCUT2D eigenvalue weighted by Gasteiger charge is 2.33. The Balaban J connectivity index is 1.65. The van der Waals surface area contributed by atoms with E-state index in [4.69, 9.17) is 12.2 Å². The Bertz CT molecular complexity index is 1370. The first-order valence-electron chi connectivity index (χ1n) is 14.9. The van der Waals surface area contributed by atoms with E-state index in [9.17, 15) is 14.9 Å². The summed E-state index contributed by atoms with van der Waals surface area (Å²) >= 11 is 6.94. The van der Waals surface area contributed by atoms with Gasteiger partial charge in [-0.2, -0.15) is 5.26 Å². The molecule has 0 saturated carbocycles. The fourth-order valence-corrected chi connectivity index (χ4v) is 6.90. The first-order chi connectivity index (χ1) is 19.9. The summed E-state index contributed by atoms with van der Waals surface area (Å²) in [6.45, 7) is 10.3. The third kappa shape index (κ3) is 7.04. The van der Waals surface area contributed by atoms with E-state index in [1.807, 2.05) is 38.1 Å². The first kappa shape index (κ1) is 30.9. The second-order valence-corrected chi connectivity index (χ2v) is 12.4. The van der Waals surface area contributed by atoms with Gasteiger partial charge >= 0.3 is 0 Å². The van der Waals surface area contributed by atoms with E-state index in [2.05, 4.69) is 34.9 Å². The van der Waals surface area contributed by atoms with E-state index in [1.54, 1.807) is 9.47 Å². The zero-order valence-corrected chi connectivity index (χ0v) is 26.2. The molecule has 2 aliphatic heterocycles. The van der Waals surface area contributed by atoms with Gasteiger partial charge in [-0.05, 0) is 43.5 Å². The molecule has 0 bridgehead atoms. The van der Waals surface area contributed by atoms with Crippen molar-refractivity contribution in [2.45, 2.75) is 72.3 Å². The molecular weight excluding hydrogens is 551 g/mol. The van der Waals surface area contributed by atoms with Crippen LogP contribution < -0.4 is 15.4 Å². The second kappa shape index (κ2) is 14.7. The molecule has 2 aliphatic rings. The van der Waals surface area contributed by atoms with Crippen LogP contribution in [0.1, 0.15) is 75.5 Å². The summed E-state index contributed by atoms with van der Waals surface area (Å²) in [7, 11) is 0. The van der Waals surface area contributed by atoms with Crippen molar-refractivity contribution in [3.05, 3.63) is 62.3 Å². The van der Waals surface area contributed by atoms with Crippen molar-refractivity contribution in [2.24, 2.45) is 0 Å². The molecule has 0 radical (unpaired) electrons. The number of nitriles is 1. The lowest BCUT2D eigenvalue weighted by molar-refractivity contribution is -0.122. The summed E-state index contributed by atoms with van der Waals surface area (Å²) < 4.78 is 2.32. The summed E-state index contributed by atoms with van der Waals surface area (Å²) in [4.78, 5) is 33.9. The molecule has 1 aromatic carbocycles. The van der Waals surface area contributed by atoms with Crippen LogP contribution in [-0.2, 0) is 11.3 Å². The number of unbranched alkanes of at least 4 members (excludes halogenated alkanes) is 5. The minimum atomic E-state index is -0.264. The van der Waals surface area contributed by atoms with Gasteiger partial charge in [0, 0.05) is 50.5 Å². The number of anilines is 2. The average Bonchev–Trinajstić information content (AvgIpc) is 3.25. The minimum Gasteiger partial charge on any atom is -0.368 e. The van der Waals surface area contributed by atoms with Crippen molar-refractivity contribution in [1.82, 2.24) is 9.47 Å². The standard InChI is InChI=1S/C32H41N5O2S2/c1-4-6-7-8-9-13-17-37-31(39)28(41-32(37)40)22-26-24(3)27(23-33)30(38)36(16-5-2)29(26)35-20-18-34(19-21-35)25-14-11-10-12-15-25/h10-12,14-15,22H,4-9,13,16-21H2,1-3H3. The smallest absolute Gasteiger partial charge is 0.270 e.